The van der Waals surface area contributed by atoms with Crippen LogP contribution in [-0.2, 0) is 17.8 Å². The molecule has 42 heavy (non-hydrogen) atoms. The van der Waals surface area contributed by atoms with Gasteiger partial charge in [-0.2, -0.15) is 9.97 Å². The zero-order chi connectivity index (χ0) is 28.8. The van der Waals surface area contributed by atoms with Crippen molar-refractivity contribution in [1.29, 1.82) is 0 Å². The third-order valence-corrected chi connectivity index (χ3v) is 9.58. The Bertz CT molecular complexity index is 1530. The standard InChI is InChI=1S/C32H36ClFN6O2/c1-22(34)30(41)39-17-15-38(16-18-39)29-24-9-14-40(27-8-3-6-23-5-2-7-25(33)28(23)27)19-26(24)35-31(36-29)42-21-32(10-11-32)20-37-12-4-13-37/h2-3,5-8H,1,4,9-21H2. The van der Waals surface area contributed by atoms with Crippen LogP contribution in [0.15, 0.2) is 48.8 Å². The molecule has 7 rings (SSSR count). The number of piperazine rings is 1. The summed E-state index contributed by atoms with van der Waals surface area (Å²) in [6, 6.07) is 12.7. The van der Waals surface area contributed by atoms with Gasteiger partial charge in [0, 0.05) is 61.3 Å². The molecule has 0 unspecified atom stereocenters. The minimum Gasteiger partial charge on any atom is -0.463 e. The lowest BCUT2D eigenvalue weighted by atomic mass is 10.0. The van der Waals surface area contributed by atoms with Gasteiger partial charge < -0.3 is 24.3 Å². The van der Waals surface area contributed by atoms with Crippen LogP contribution in [-0.4, -0.2) is 84.6 Å². The molecule has 2 saturated heterocycles. The summed E-state index contributed by atoms with van der Waals surface area (Å²) in [5.74, 6) is -0.687. The number of benzene rings is 2. The van der Waals surface area contributed by atoms with E-state index in [1.165, 1.54) is 37.3 Å². The topological polar surface area (TPSA) is 65.0 Å². The number of aromatic nitrogens is 2. The molecule has 0 radical (unpaired) electrons. The molecule has 1 amide bonds. The van der Waals surface area contributed by atoms with Crippen molar-refractivity contribution in [2.45, 2.75) is 32.2 Å². The molecule has 0 atom stereocenters. The number of ether oxygens (including phenoxy) is 1. The number of nitrogens with zero attached hydrogens (tertiary/aromatic N) is 6. The molecule has 10 heteroatoms. The van der Waals surface area contributed by atoms with Crippen LogP contribution in [0.4, 0.5) is 15.9 Å². The second-order valence-corrected chi connectivity index (χ2v) is 12.6. The Kier molecular flexibility index (Phi) is 7.18. The van der Waals surface area contributed by atoms with Gasteiger partial charge in [0.25, 0.3) is 5.91 Å². The first-order chi connectivity index (χ1) is 20.4. The van der Waals surface area contributed by atoms with Gasteiger partial charge >= 0.3 is 6.01 Å². The maximum Gasteiger partial charge on any atom is 0.318 e. The molecule has 8 nitrogen and oxygen atoms in total. The molecule has 4 aliphatic rings. The van der Waals surface area contributed by atoms with Gasteiger partial charge in [0.2, 0.25) is 0 Å². The van der Waals surface area contributed by atoms with E-state index < -0.39 is 11.7 Å². The number of likely N-dealkylation sites (tertiary alicyclic amines) is 1. The zero-order valence-corrected chi connectivity index (χ0v) is 24.6. The van der Waals surface area contributed by atoms with Crippen molar-refractivity contribution in [2.75, 3.05) is 68.8 Å². The van der Waals surface area contributed by atoms with E-state index in [1.807, 2.05) is 12.1 Å². The number of hydrogen-bond acceptors (Lipinski definition) is 7. The van der Waals surface area contributed by atoms with E-state index in [9.17, 15) is 9.18 Å². The molecule has 1 saturated carbocycles. The fourth-order valence-corrected chi connectivity index (χ4v) is 6.79. The van der Waals surface area contributed by atoms with Crippen LogP contribution in [0.5, 0.6) is 6.01 Å². The number of anilines is 2. The van der Waals surface area contributed by atoms with Crippen molar-refractivity contribution in [2.24, 2.45) is 5.41 Å². The Hall–Kier alpha value is -3.43. The number of carbonyl (C=O) groups is 1. The van der Waals surface area contributed by atoms with E-state index in [-0.39, 0.29) is 5.41 Å². The maximum absolute atomic E-state index is 13.5. The molecule has 2 aromatic carbocycles. The average Bonchev–Trinajstić information content (AvgIpc) is 3.76. The summed E-state index contributed by atoms with van der Waals surface area (Å²) >= 11 is 6.69. The lowest BCUT2D eigenvalue weighted by molar-refractivity contribution is -0.128. The third-order valence-electron chi connectivity index (χ3n) is 9.27. The maximum atomic E-state index is 13.5. The van der Waals surface area contributed by atoms with Gasteiger partial charge in [-0.05, 0) is 56.3 Å². The first-order valence-electron chi connectivity index (χ1n) is 14.9. The number of carbonyl (C=O) groups excluding carboxylic acids is 1. The second kappa shape index (κ2) is 11.0. The summed E-state index contributed by atoms with van der Waals surface area (Å²) in [5.41, 5.74) is 3.36. The van der Waals surface area contributed by atoms with E-state index in [2.05, 4.69) is 45.5 Å². The summed E-state index contributed by atoms with van der Waals surface area (Å²) in [7, 11) is 0. The third kappa shape index (κ3) is 5.28. The van der Waals surface area contributed by atoms with Crippen molar-refractivity contribution in [3.05, 3.63) is 65.1 Å². The minimum absolute atomic E-state index is 0.201. The molecule has 3 aliphatic heterocycles. The molecule has 1 aromatic heterocycles. The smallest absolute Gasteiger partial charge is 0.318 e. The zero-order valence-electron chi connectivity index (χ0n) is 23.8. The van der Waals surface area contributed by atoms with Crippen LogP contribution < -0.4 is 14.5 Å². The Morgan fingerprint density at radius 2 is 1.76 bits per heavy atom. The quantitative estimate of drug-likeness (QED) is 0.348. The van der Waals surface area contributed by atoms with Crippen LogP contribution in [0.1, 0.15) is 30.5 Å². The van der Waals surface area contributed by atoms with Gasteiger partial charge in [-0.3, -0.25) is 4.79 Å². The van der Waals surface area contributed by atoms with E-state index in [1.54, 1.807) is 0 Å². The molecule has 0 bridgehead atoms. The van der Waals surface area contributed by atoms with Gasteiger partial charge in [-0.15, -0.1) is 0 Å². The van der Waals surface area contributed by atoms with Crippen LogP contribution in [0, 0.1) is 5.41 Å². The van der Waals surface area contributed by atoms with Crippen molar-refractivity contribution in [3.63, 3.8) is 0 Å². The van der Waals surface area contributed by atoms with E-state index in [0.29, 0.717) is 45.3 Å². The molecular weight excluding hydrogens is 555 g/mol. The Morgan fingerprint density at radius 1 is 1.00 bits per heavy atom. The molecular formula is C32H36ClFN6O2. The summed E-state index contributed by atoms with van der Waals surface area (Å²) in [4.78, 5) is 30.7. The molecule has 0 N–H and O–H groups in total. The predicted molar refractivity (Wildman–Crippen MR) is 163 cm³/mol. The van der Waals surface area contributed by atoms with Crippen molar-refractivity contribution in [1.82, 2.24) is 19.8 Å². The minimum atomic E-state index is -0.917. The van der Waals surface area contributed by atoms with Crippen LogP contribution >= 0.6 is 11.6 Å². The fourth-order valence-electron chi connectivity index (χ4n) is 6.51. The van der Waals surface area contributed by atoms with Crippen molar-refractivity contribution >= 4 is 39.8 Å². The van der Waals surface area contributed by atoms with Gasteiger partial charge in [0.15, 0.2) is 5.83 Å². The van der Waals surface area contributed by atoms with Gasteiger partial charge in [-0.25, -0.2) is 4.39 Å². The Balaban J connectivity index is 1.17. The Morgan fingerprint density at radius 3 is 2.45 bits per heavy atom. The highest BCUT2D eigenvalue weighted by Gasteiger charge is 2.46. The molecule has 3 fully saturated rings. The molecule has 0 spiro atoms. The molecule has 220 valence electrons. The van der Waals surface area contributed by atoms with Gasteiger partial charge in [-0.1, -0.05) is 42.4 Å². The van der Waals surface area contributed by atoms with Gasteiger partial charge in [0.1, 0.15) is 5.82 Å². The summed E-state index contributed by atoms with van der Waals surface area (Å²) < 4.78 is 19.9. The van der Waals surface area contributed by atoms with Crippen LogP contribution in [0.25, 0.3) is 10.8 Å². The number of fused-ring (bicyclic) bond motifs is 2. The van der Waals surface area contributed by atoms with Crippen LogP contribution in [0.3, 0.4) is 0 Å². The lowest BCUT2D eigenvalue weighted by Crippen LogP contribution is -2.49. The lowest BCUT2D eigenvalue weighted by Gasteiger charge is -2.38. The number of hydrogen-bond donors (Lipinski definition) is 0. The fraction of sp³-hybridized carbons (Fsp3) is 0.469. The van der Waals surface area contributed by atoms with E-state index >= 15 is 0 Å². The number of amides is 1. The first kappa shape index (κ1) is 27.4. The van der Waals surface area contributed by atoms with Crippen molar-refractivity contribution < 1.29 is 13.9 Å². The second-order valence-electron chi connectivity index (χ2n) is 12.1. The number of halogens is 2. The summed E-state index contributed by atoms with van der Waals surface area (Å²) in [5, 5.41) is 2.90. The van der Waals surface area contributed by atoms with E-state index in [4.69, 9.17) is 26.3 Å². The summed E-state index contributed by atoms with van der Waals surface area (Å²) in [6.07, 6.45) is 4.40. The average molecular weight is 591 g/mol. The highest BCUT2D eigenvalue weighted by atomic mass is 35.5. The van der Waals surface area contributed by atoms with Crippen molar-refractivity contribution in [3.8, 4) is 6.01 Å². The summed E-state index contributed by atoms with van der Waals surface area (Å²) in [6.45, 7) is 10.6. The first-order valence-corrected chi connectivity index (χ1v) is 15.3. The molecule has 1 aliphatic carbocycles. The Labute approximate surface area is 250 Å². The largest absolute Gasteiger partial charge is 0.463 e. The normalized spacial score (nSPS) is 19.8. The van der Waals surface area contributed by atoms with E-state index in [0.717, 1.165) is 58.1 Å². The highest BCUT2D eigenvalue weighted by molar-refractivity contribution is 6.36. The molecule has 3 aromatic rings. The molecule has 4 heterocycles. The monoisotopic (exact) mass is 590 g/mol. The number of rotatable bonds is 8. The highest BCUT2D eigenvalue weighted by Crippen LogP contribution is 2.47. The van der Waals surface area contributed by atoms with Crippen LogP contribution in [0.2, 0.25) is 5.02 Å². The van der Waals surface area contributed by atoms with Gasteiger partial charge in [0.05, 0.1) is 23.9 Å². The predicted octanol–water partition coefficient (Wildman–Crippen LogP) is 4.84. The SMILES string of the molecule is C=C(F)C(=O)N1CCN(c2nc(OCC3(CN4CCC4)CC3)nc3c2CCN(c2cccc4cccc(Cl)c24)C3)CC1.